The Bertz CT molecular complexity index is 481. The van der Waals surface area contributed by atoms with Gasteiger partial charge in [0.25, 0.3) is 0 Å². The summed E-state index contributed by atoms with van der Waals surface area (Å²) in [6.07, 6.45) is 4.81. The van der Waals surface area contributed by atoms with Gasteiger partial charge in [-0.3, -0.25) is 10.6 Å². The lowest BCUT2D eigenvalue weighted by molar-refractivity contribution is 0.354. The van der Waals surface area contributed by atoms with Gasteiger partial charge in [0, 0.05) is 17.8 Å². The van der Waals surface area contributed by atoms with Crippen molar-refractivity contribution in [3.05, 3.63) is 47.7 Å². The van der Waals surface area contributed by atoms with E-state index in [0.29, 0.717) is 0 Å². The third-order valence-corrected chi connectivity index (χ3v) is 3.55. The minimum atomic E-state index is -0.370. The molecule has 0 unspecified atom stereocenters. The molecule has 0 bridgehead atoms. The van der Waals surface area contributed by atoms with Crippen LogP contribution >= 0.6 is 0 Å². The van der Waals surface area contributed by atoms with Crippen LogP contribution in [0.2, 0.25) is 0 Å². The Hall–Kier alpha value is -1.78. The largest absolute Gasteiger partial charge is 0.399 e. The summed E-state index contributed by atoms with van der Waals surface area (Å²) in [6.45, 7) is 0. The molecule has 96 valence electrons. The molecule has 0 aromatic heterocycles. The van der Waals surface area contributed by atoms with Gasteiger partial charge in [-0.15, -0.1) is 0 Å². The summed E-state index contributed by atoms with van der Waals surface area (Å²) in [7, 11) is 3.81. The number of nitrogens with one attached hydrogen (secondary N) is 2. The Morgan fingerprint density at radius 1 is 1.00 bits per heavy atom. The molecule has 1 aromatic carbocycles. The van der Waals surface area contributed by atoms with E-state index in [2.05, 4.69) is 16.7 Å². The van der Waals surface area contributed by atoms with E-state index in [1.165, 1.54) is 11.1 Å². The number of hydrogen-bond acceptors (Lipinski definition) is 4. The van der Waals surface area contributed by atoms with Gasteiger partial charge in [0.2, 0.25) is 0 Å². The minimum absolute atomic E-state index is 0.370. The van der Waals surface area contributed by atoms with Crippen molar-refractivity contribution in [2.75, 3.05) is 19.8 Å². The van der Waals surface area contributed by atoms with E-state index in [1.54, 1.807) is 0 Å². The van der Waals surface area contributed by atoms with Crippen LogP contribution < -0.4 is 22.1 Å². The number of hydrogen-bond donors (Lipinski definition) is 4. The maximum atomic E-state index is 6.07. The van der Waals surface area contributed by atoms with Gasteiger partial charge in [-0.25, -0.2) is 0 Å². The van der Waals surface area contributed by atoms with E-state index in [9.17, 15) is 0 Å². The molecular formula is C14H20N4. The van der Waals surface area contributed by atoms with Crippen LogP contribution in [0.4, 0.5) is 5.69 Å². The van der Waals surface area contributed by atoms with Gasteiger partial charge in [0.1, 0.15) is 5.66 Å². The zero-order valence-electron chi connectivity index (χ0n) is 10.8. The van der Waals surface area contributed by atoms with E-state index in [1.807, 2.05) is 44.4 Å². The van der Waals surface area contributed by atoms with Gasteiger partial charge < -0.3 is 11.5 Å². The molecule has 0 heterocycles. The van der Waals surface area contributed by atoms with Crippen LogP contribution in [-0.2, 0) is 0 Å². The number of rotatable bonds is 3. The molecule has 1 aromatic rings. The topological polar surface area (TPSA) is 76.1 Å². The predicted molar refractivity (Wildman–Crippen MR) is 76.6 cm³/mol. The van der Waals surface area contributed by atoms with Crippen LogP contribution in [0.15, 0.2) is 42.1 Å². The fourth-order valence-corrected chi connectivity index (χ4v) is 2.27. The zero-order chi connectivity index (χ0) is 13.2. The van der Waals surface area contributed by atoms with Gasteiger partial charge in [0.15, 0.2) is 0 Å². The molecule has 4 heteroatoms. The molecule has 0 radical (unpaired) electrons. The summed E-state index contributed by atoms with van der Waals surface area (Å²) >= 11 is 0. The molecule has 0 spiro atoms. The SMILES string of the molecule is CNC1(NC)CC(c2ccc(N)cc2)=CC=C1N. The molecule has 0 fully saturated rings. The molecule has 0 saturated heterocycles. The molecule has 0 aliphatic heterocycles. The van der Waals surface area contributed by atoms with E-state index < -0.39 is 0 Å². The standard InChI is InChI=1S/C14H20N4/c1-17-14(18-2)9-11(5-8-13(14)16)10-3-6-12(15)7-4-10/h3-8,17-18H,9,15-16H2,1-2H3. The van der Waals surface area contributed by atoms with Crippen LogP contribution in [0, 0.1) is 0 Å². The first kappa shape index (κ1) is 12.7. The highest BCUT2D eigenvalue weighted by molar-refractivity contribution is 5.71. The molecule has 2 rings (SSSR count). The molecule has 18 heavy (non-hydrogen) atoms. The molecule has 4 nitrogen and oxygen atoms in total. The van der Waals surface area contributed by atoms with E-state index in [0.717, 1.165) is 17.8 Å². The van der Waals surface area contributed by atoms with E-state index >= 15 is 0 Å². The number of allylic oxidation sites excluding steroid dienone is 2. The second-order valence-corrected chi connectivity index (χ2v) is 4.52. The van der Waals surface area contributed by atoms with Crippen molar-refractivity contribution in [1.82, 2.24) is 10.6 Å². The fourth-order valence-electron chi connectivity index (χ4n) is 2.27. The average Bonchev–Trinajstić information content (AvgIpc) is 2.41. The van der Waals surface area contributed by atoms with E-state index in [4.69, 9.17) is 11.5 Å². The first-order valence-corrected chi connectivity index (χ1v) is 6.02. The predicted octanol–water partition coefficient (Wildman–Crippen LogP) is 1.03. The summed E-state index contributed by atoms with van der Waals surface area (Å²) in [5.41, 5.74) is 15.4. The second-order valence-electron chi connectivity index (χ2n) is 4.52. The lowest BCUT2D eigenvalue weighted by atomic mass is 9.87. The van der Waals surface area contributed by atoms with Gasteiger partial charge >= 0.3 is 0 Å². The van der Waals surface area contributed by atoms with Crippen molar-refractivity contribution >= 4 is 11.3 Å². The Balaban J connectivity index is 2.34. The molecule has 1 aliphatic rings. The third-order valence-electron chi connectivity index (χ3n) is 3.55. The number of anilines is 1. The quantitative estimate of drug-likeness (QED) is 0.473. The summed E-state index contributed by atoms with van der Waals surface area (Å²) in [5, 5.41) is 6.52. The van der Waals surface area contributed by atoms with Crippen molar-refractivity contribution in [3.63, 3.8) is 0 Å². The smallest absolute Gasteiger partial charge is 0.113 e. The number of nitrogen functional groups attached to an aromatic ring is 1. The van der Waals surface area contributed by atoms with Crippen LogP contribution in [0.1, 0.15) is 12.0 Å². The number of benzene rings is 1. The third kappa shape index (κ3) is 2.12. The number of nitrogens with two attached hydrogens (primary N) is 2. The summed E-state index contributed by atoms with van der Waals surface area (Å²) in [4.78, 5) is 0. The Kier molecular flexibility index (Phi) is 3.41. The Morgan fingerprint density at radius 3 is 2.17 bits per heavy atom. The molecular weight excluding hydrogens is 224 g/mol. The molecule has 1 aliphatic carbocycles. The maximum Gasteiger partial charge on any atom is 0.113 e. The lowest BCUT2D eigenvalue weighted by Gasteiger charge is -2.37. The molecule has 0 atom stereocenters. The highest BCUT2D eigenvalue weighted by atomic mass is 15.2. The first-order valence-electron chi connectivity index (χ1n) is 6.02. The Labute approximate surface area is 108 Å². The van der Waals surface area contributed by atoms with E-state index in [-0.39, 0.29) is 5.66 Å². The Morgan fingerprint density at radius 2 is 1.61 bits per heavy atom. The van der Waals surface area contributed by atoms with Gasteiger partial charge in [-0.1, -0.05) is 18.2 Å². The fraction of sp³-hybridized carbons (Fsp3) is 0.286. The van der Waals surface area contributed by atoms with Gasteiger partial charge in [-0.2, -0.15) is 0 Å². The van der Waals surface area contributed by atoms with Crippen molar-refractivity contribution in [1.29, 1.82) is 0 Å². The normalized spacial score (nSPS) is 18.1. The average molecular weight is 244 g/mol. The van der Waals surface area contributed by atoms with Gasteiger partial charge in [-0.05, 0) is 43.4 Å². The van der Waals surface area contributed by atoms with Crippen LogP contribution in [0.5, 0.6) is 0 Å². The van der Waals surface area contributed by atoms with Crippen molar-refractivity contribution < 1.29 is 0 Å². The maximum absolute atomic E-state index is 6.07. The number of likely N-dealkylation sites (N-methyl/N-ethyl adjacent to an activating group) is 2. The van der Waals surface area contributed by atoms with Crippen molar-refractivity contribution in [3.8, 4) is 0 Å². The van der Waals surface area contributed by atoms with Crippen LogP contribution in [-0.4, -0.2) is 19.8 Å². The first-order chi connectivity index (χ1) is 8.61. The summed E-state index contributed by atoms with van der Waals surface area (Å²) in [6, 6.07) is 7.90. The zero-order valence-corrected chi connectivity index (χ0v) is 10.8. The van der Waals surface area contributed by atoms with Crippen molar-refractivity contribution in [2.24, 2.45) is 5.73 Å². The summed E-state index contributed by atoms with van der Waals surface area (Å²) < 4.78 is 0. The van der Waals surface area contributed by atoms with Crippen LogP contribution in [0.3, 0.4) is 0 Å². The van der Waals surface area contributed by atoms with Crippen LogP contribution in [0.25, 0.3) is 5.57 Å². The minimum Gasteiger partial charge on any atom is -0.399 e. The summed E-state index contributed by atoms with van der Waals surface area (Å²) in [5.74, 6) is 0. The second kappa shape index (κ2) is 4.84. The molecule has 0 saturated carbocycles. The monoisotopic (exact) mass is 244 g/mol. The molecule has 6 N–H and O–H groups in total. The molecule has 0 amide bonds. The van der Waals surface area contributed by atoms with Crippen molar-refractivity contribution in [2.45, 2.75) is 12.1 Å². The van der Waals surface area contributed by atoms with Gasteiger partial charge in [0.05, 0.1) is 0 Å². The lowest BCUT2D eigenvalue weighted by Crippen LogP contribution is -2.58. The highest BCUT2D eigenvalue weighted by Crippen LogP contribution is 2.30. The highest BCUT2D eigenvalue weighted by Gasteiger charge is 2.32.